The first-order chi connectivity index (χ1) is 24.1. The number of hydrogen-bond acceptors (Lipinski definition) is 2. The maximum Gasteiger partial charge on any atom is 0.268 e. The smallest absolute Gasteiger partial charge is 0.268 e. The van der Waals surface area contributed by atoms with Crippen LogP contribution in [0.4, 0.5) is 5.69 Å². The molecule has 4 heteroatoms. The number of imide groups is 1. The molecule has 2 amide bonds. The minimum Gasteiger partial charge on any atom is -0.308 e. The number of carbonyl (C=O) groups is 2. The highest BCUT2D eigenvalue weighted by Gasteiger charge is 2.41. The number of carbonyl (C=O) groups excluding carboxylic acids is 2. The lowest BCUT2D eigenvalue weighted by Gasteiger charge is -2.23. The number of rotatable bonds is 5. The van der Waals surface area contributed by atoms with E-state index in [9.17, 15) is 9.59 Å². The van der Waals surface area contributed by atoms with Crippen LogP contribution in [0, 0.1) is 6.92 Å². The molecule has 0 fully saturated rings. The lowest BCUT2D eigenvalue weighted by Crippen LogP contribution is -2.30. The average Bonchev–Trinajstić information content (AvgIpc) is 3.62. The summed E-state index contributed by atoms with van der Waals surface area (Å²) in [4.78, 5) is 30.9. The van der Waals surface area contributed by atoms with Crippen molar-refractivity contribution in [3.8, 4) is 39.1 Å². The van der Waals surface area contributed by atoms with E-state index < -0.39 is 0 Å². The van der Waals surface area contributed by atoms with Crippen LogP contribution in [0.25, 0.3) is 60.9 Å². The maximum absolute atomic E-state index is 14.9. The van der Waals surface area contributed by atoms with Gasteiger partial charge in [0, 0.05) is 21.9 Å². The molecular formula is C45H30N2O2. The highest BCUT2D eigenvalue weighted by Crippen LogP contribution is 2.45. The van der Waals surface area contributed by atoms with Gasteiger partial charge in [-0.2, -0.15) is 0 Å². The Morgan fingerprint density at radius 1 is 0.429 bits per heavy atom. The lowest BCUT2D eigenvalue weighted by atomic mass is 9.95. The number of hydrogen-bond donors (Lipinski definition) is 0. The van der Waals surface area contributed by atoms with E-state index in [4.69, 9.17) is 0 Å². The van der Waals surface area contributed by atoms with Crippen LogP contribution in [0.15, 0.2) is 164 Å². The minimum atomic E-state index is -0.335. The minimum absolute atomic E-state index is 0.329. The van der Waals surface area contributed by atoms with Crippen molar-refractivity contribution in [3.05, 3.63) is 180 Å². The van der Waals surface area contributed by atoms with Gasteiger partial charge in [0.1, 0.15) is 0 Å². The first-order valence-electron chi connectivity index (χ1n) is 16.4. The Labute approximate surface area is 284 Å². The van der Waals surface area contributed by atoms with Crippen LogP contribution in [-0.2, 0) is 0 Å². The molecule has 9 rings (SSSR count). The molecule has 49 heavy (non-hydrogen) atoms. The molecule has 0 radical (unpaired) electrons. The standard InChI is InChI=1S/C45H30N2O2/c1-29-13-10-18-32(27-29)33-25-26-40-38(28-33)36-19-8-9-23-39(36)46(40)41-24-12-22-37-42(41)45(49)47(44(37)48)43-34(30-14-4-2-5-15-30)20-11-21-35(43)31-16-6-3-7-17-31/h2-28H,1H3. The van der Waals surface area contributed by atoms with E-state index in [2.05, 4.69) is 66.1 Å². The van der Waals surface area contributed by atoms with Crippen molar-refractivity contribution < 1.29 is 9.59 Å². The third-order valence-electron chi connectivity index (χ3n) is 9.59. The highest BCUT2D eigenvalue weighted by molar-refractivity contribution is 6.37. The number of aryl methyl sites for hydroxylation is 1. The van der Waals surface area contributed by atoms with Crippen LogP contribution in [-0.4, -0.2) is 16.4 Å². The molecule has 0 N–H and O–H groups in total. The van der Waals surface area contributed by atoms with E-state index in [1.54, 1.807) is 6.07 Å². The molecule has 0 unspecified atom stereocenters. The lowest BCUT2D eigenvalue weighted by molar-refractivity contribution is 0.0926. The molecule has 0 saturated heterocycles. The van der Waals surface area contributed by atoms with Gasteiger partial charge in [-0.15, -0.1) is 0 Å². The maximum atomic E-state index is 14.9. The fraction of sp³-hybridized carbons (Fsp3) is 0.0222. The third-order valence-corrected chi connectivity index (χ3v) is 9.59. The van der Waals surface area contributed by atoms with Gasteiger partial charge in [-0.3, -0.25) is 9.59 Å². The van der Waals surface area contributed by atoms with Crippen molar-refractivity contribution in [2.75, 3.05) is 4.90 Å². The molecule has 4 nitrogen and oxygen atoms in total. The van der Waals surface area contributed by atoms with Gasteiger partial charge in [0.25, 0.3) is 11.8 Å². The van der Waals surface area contributed by atoms with E-state index in [1.165, 1.54) is 10.5 Å². The van der Waals surface area contributed by atoms with Crippen LogP contribution in [0.3, 0.4) is 0 Å². The van der Waals surface area contributed by atoms with Crippen molar-refractivity contribution in [2.24, 2.45) is 0 Å². The summed E-state index contributed by atoms with van der Waals surface area (Å²) >= 11 is 0. The molecule has 0 aliphatic carbocycles. The van der Waals surface area contributed by atoms with Gasteiger partial charge in [0.2, 0.25) is 0 Å². The third kappa shape index (κ3) is 4.53. The van der Waals surface area contributed by atoms with Crippen molar-refractivity contribution >= 4 is 39.3 Å². The fourth-order valence-electron chi connectivity index (χ4n) is 7.38. The van der Waals surface area contributed by atoms with Gasteiger partial charge in [0.15, 0.2) is 0 Å². The summed E-state index contributed by atoms with van der Waals surface area (Å²) in [5.41, 5.74) is 11.0. The van der Waals surface area contributed by atoms with E-state index in [0.29, 0.717) is 22.5 Å². The van der Waals surface area contributed by atoms with Gasteiger partial charge in [0.05, 0.1) is 33.5 Å². The van der Waals surface area contributed by atoms with Gasteiger partial charge in [-0.05, 0) is 59.5 Å². The quantitative estimate of drug-likeness (QED) is 0.178. The Morgan fingerprint density at radius 3 is 1.71 bits per heavy atom. The molecule has 0 atom stereocenters. The van der Waals surface area contributed by atoms with Crippen LogP contribution in [0.2, 0.25) is 0 Å². The van der Waals surface area contributed by atoms with Crippen LogP contribution in [0.1, 0.15) is 26.3 Å². The molecule has 232 valence electrons. The summed E-state index contributed by atoms with van der Waals surface area (Å²) in [6.45, 7) is 2.10. The Balaban J connectivity index is 1.26. The number of nitrogens with zero attached hydrogens (tertiary/aromatic N) is 2. The largest absolute Gasteiger partial charge is 0.308 e. The summed E-state index contributed by atoms with van der Waals surface area (Å²) in [7, 11) is 0. The van der Waals surface area contributed by atoms with Gasteiger partial charge in [-0.25, -0.2) is 4.90 Å². The Kier molecular flexibility index (Phi) is 6.63. The van der Waals surface area contributed by atoms with Crippen LogP contribution in [0.5, 0.6) is 0 Å². The zero-order valence-electron chi connectivity index (χ0n) is 26.8. The monoisotopic (exact) mass is 630 g/mol. The fourth-order valence-corrected chi connectivity index (χ4v) is 7.38. The second kappa shape index (κ2) is 11.3. The van der Waals surface area contributed by atoms with E-state index in [0.717, 1.165) is 55.2 Å². The zero-order valence-corrected chi connectivity index (χ0v) is 26.8. The Morgan fingerprint density at radius 2 is 1.00 bits per heavy atom. The van der Waals surface area contributed by atoms with Crippen molar-refractivity contribution in [3.63, 3.8) is 0 Å². The molecule has 0 bridgehead atoms. The van der Waals surface area contributed by atoms with E-state index in [1.807, 2.05) is 103 Å². The second-order valence-electron chi connectivity index (χ2n) is 12.5. The van der Waals surface area contributed by atoms with E-state index >= 15 is 0 Å². The Hall–Kier alpha value is -6.52. The van der Waals surface area contributed by atoms with Gasteiger partial charge >= 0.3 is 0 Å². The molecule has 8 aromatic rings. The molecule has 1 aliphatic heterocycles. The number of anilines is 1. The van der Waals surface area contributed by atoms with Crippen molar-refractivity contribution in [2.45, 2.75) is 6.92 Å². The molecule has 2 heterocycles. The van der Waals surface area contributed by atoms with Gasteiger partial charge in [-0.1, -0.05) is 139 Å². The zero-order chi connectivity index (χ0) is 33.1. The SMILES string of the molecule is Cc1cccc(-c2ccc3c(c2)c2ccccc2n3-c2cccc3c2C(=O)N(c2c(-c4ccccc4)cccc2-c2ccccc2)C3=O)c1. The molecule has 1 aromatic heterocycles. The summed E-state index contributed by atoms with van der Waals surface area (Å²) in [6, 6.07) is 54.7. The van der Waals surface area contributed by atoms with Crippen molar-refractivity contribution in [1.82, 2.24) is 4.57 Å². The summed E-state index contributed by atoms with van der Waals surface area (Å²) < 4.78 is 2.14. The molecular weight excluding hydrogens is 601 g/mol. The average molecular weight is 631 g/mol. The van der Waals surface area contributed by atoms with E-state index in [-0.39, 0.29) is 11.8 Å². The molecule has 1 aliphatic rings. The van der Waals surface area contributed by atoms with Crippen molar-refractivity contribution in [1.29, 1.82) is 0 Å². The molecule has 0 saturated carbocycles. The molecule has 0 spiro atoms. The number of fused-ring (bicyclic) bond motifs is 4. The summed E-state index contributed by atoms with van der Waals surface area (Å²) in [5, 5.41) is 2.17. The predicted octanol–water partition coefficient (Wildman–Crippen LogP) is 10.9. The number of para-hydroxylation sites is 2. The second-order valence-corrected chi connectivity index (χ2v) is 12.5. The number of benzene rings is 7. The first-order valence-corrected chi connectivity index (χ1v) is 16.4. The number of amides is 2. The highest BCUT2D eigenvalue weighted by atomic mass is 16.2. The van der Waals surface area contributed by atoms with Gasteiger partial charge < -0.3 is 4.57 Å². The summed E-state index contributed by atoms with van der Waals surface area (Å²) in [6.07, 6.45) is 0. The summed E-state index contributed by atoms with van der Waals surface area (Å²) in [5.74, 6) is -0.664. The van der Waals surface area contributed by atoms with Crippen LogP contribution >= 0.6 is 0 Å². The van der Waals surface area contributed by atoms with Crippen LogP contribution < -0.4 is 4.90 Å². The number of aromatic nitrogens is 1. The predicted molar refractivity (Wildman–Crippen MR) is 199 cm³/mol. The normalized spacial score (nSPS) is 12.6. The topological polar surface area (TPSA) is 42.3 Å². The first kappa shape index (κ1) is 28.7. The molecule has 7 aromatic carbocycles. The Bertz CT molecular complexity index is 2540.